The average molecular weight is 277 g/mol. The van der Waals surface area contributed by atoms with Gasteiger partial charge in [0.15, 0.2) is 0 Å². The first-order valence-electron chi connectivity index (χ1n) is 7.24. The van der Waals surface area contributed by atoms with Gasteiger partial charge in [0.25, 0.3) is 5.91 Å². The summed E-state index contributed by atoms with van der Waals surface area (Å²) in [6.07, 6.45) is 0. The van der Waals surface area contributed by atoms with Crippen molar-refractivity contribution >= 4 is 5.91 Å². The highest BCUT2D eigenvalue weighted by atomic mass is 16.2. The molecular weight excluding hydrogens is 250 g/mol. The number of carbonyl (C=O) groups excluding carboxylic acids is 1. The smallest absolute Gasteiger partial charge is 0.265 e. The summed E-state index contributed by atoms with van der Waals surface area (Å²) in [5.74, 6) is 6.19. The van der Waals surface area contributed by atoms with Crippen molar-refractivity contribution in [3.05, 3.63) is 35.4 Å². The molecule has 1 rings (SSSR count). The zero-order valence-corrected chi connectivity index (χ0v) is 13.0. The first-order chi connectivity index (χ1) is 9.42. The summed E-state index contributed by atoms with van der Waals surface area (Å²) in [7, 11) is 0. The number of hydrazine groups is 1. The Kier molecular flexibility index (Phi) is 6.68. The molecule has 0 unspecified atom stereocenters. The minimum absolute atomic E-state index is 0.244. The van der Waals surface area contributed by atoms with E-state index < -0.39 is 0 Å². The minimum atomic E-state index is -0.244. The number of nitrogens with zero attached hydrogens (tertiary/aromatic N) is 1. The van der Waals surface area contributed by atoms with E-state index in [1.165, 1.54) is 0 Å². The molecule has 0 fully saturated rings. The molecule has 0 atom stereocenters. The van der Waals surface area contributed by atoms with E-state index in [1.54, 1.807) is 6.07 Å². The highest BCUT2D eigenvalue weighted by Crippen LogP contribution is 2.12. The van der Waals surface area contributed by atoms with Gasteiger partial charge in [-0.15, -0.1) is 0 Å². The molecule has 112 valence electrons. The SMILES string of the molecule is CC(C)CN(Cc1cccc(C(=O)NN)c1)CC(C)C. The van der Waals surface area contributed by atoms with Crippen molar-refractivity contribution in [2.75, 3.05) is 13.1 Å². The van der Waals surface area contributed by atoms with Crippen LogP contribution in [0.4, 0.5) is 0 Å². The third-order valence-corrected chi connectivity index (χ3v) is 2.97. The van der Waals surface area contributed by atoms with E-state index in [0.717, 1.165) is 25.2 Å². The van der Waals surface area contributed by atoms with Crippen molar-refractivity contribution in [1.29, 1.82) is 0 Å². The lowest BCUT2D eigenvalue weighted by atomic mass is 10.1. The summed E-state index contributed by atoms with van der Waals surface area (Å²) in [5.41, 5.74) is 3.93. The Morgan fingerprint density at radius 2 is 1.80 bits per heavy atom. The van der Waals surface area contributed by atoms with E-state index >= 15 is 0 Å². The van der Waals surface area contributed by atoms with Crippen LogP contribution >= 0.6 is 0 Å². The van der Waals surface area contributed by atoms with Crippen LogP contribution in [0.1, 0.15) is 43.6 Å². The highest BCUT2D eigenvalue weighted by molar-refractivity contribution is 5.93. The second kappa shape index (κ2) is 8.02. The van der Waals surface area contributed by atoms with Gasteiger partial charge in [0.2, 0.25) is 0 Å². The van der Waals surface area contributed by atoms with Crippen LogP contribution in [-0.4, -0.2) is 23.9 Å². The number of amides is 1. The van der Waals surface area contributed by atoms with Gasteiger partial charge in [-0.2, -0.15) is 0 Å². The Morgan fingerprint density at radius 1 is 1.20 bits per heavy atom. The third-order valence-electron chi connectivity index (χ3n) is 2.97. The Hall–Kier alpha value is -1.39. The van der Waals surface area contributed by atoms with Crippen molar-refractivity contribution in [2.24, 2.45) is 17.7 Å². The molecule has 0 heterocycles. The first-order valence-corrected chi connectivity index (χ1v) is 7.24. The largest absolute Gasteiger partial charge is 0.299 e. The maximum absolute atomic E-state index is 11.6. The zero-order valence-electron chi connectivity index (χ0n) is 13.0. The summed E-state index contributed by atoms with van der Waals surface area (Å²) in [6.45, 7) is 11.9. The monoisotopic (exact) mass is 277 g/mol. The van der Waals surface area contributed by atoms with Gasteiger partial charge in [-0.25, -0.2) is 5.84 Å². The summed E-state index contributed by atoms with van der Waals surface area (Å²) in [6, 6.07) is 7.65. The minimum Gasteiger partial charge on any atom is -0.299 e. The molecule has 0 aliphatic heterocycles. The number of nitrogen functional groups attached to an aromatic ring is 1. The van der Waals surface area contributed by atoms with Gasteiger partial charge in [0, 0.05) is 25.2 Å². The molecule has 1 amide bonds. The van der Waals surface area contributed by atoms with Gasteiger partial charge in [-0.05, 0) is 29.5 Å². The van der Waals surface area contributed by atoms with Crippen LogP contribution in [0.2, 0.25) is 0 Å². The fourth-order valence-corrected chi connectivity index (χ4v) is 2.39. The number of hydrogen-bond donors (Lipinski definition) is 2. The Labute approximate surface area is 122 Å². The second-order valence-corrected chi connectivity index (χ2v) is 6.16. The second-order valence-electron chi connectivity index (χ2n) is 6.16. The Morgan fingerprint density at radius 3 is 2.30 bits per heavy atom. The fraction of sp³-hybridized carbons (Fsp3) is 0.562. The summed E-state index contributed by atoms with van der Waals surface area (Å²) in [5, 5.41) is 0. The van der Waals surface area contributed by atoms with Crippen LogP contribution in [0.15, 0.2) is 24.3 Å². The molecule has 1 aromatic rings. The quantitative estimate of drug-likeness (QED) is 0.457. The molecule has 0 aliphatic rings. The molecule has 20 heavy (non-hydrogen) atoms. The van der Waals surface area contributed by atoms with E-state index in [4.69, 9.17) is 5.84 Å². The van der Waals surface area contributed by atoms with Gasteiger partial charge >= 0.3 is 0 Å². The first kappa shape index (κ1) is 16.7. The molecule has 4 nitrogen and oxygen atoms in total. The van der Waals surface area contributed by atoms with Crippen molar-refractivity contribution in [1.82, 2.24) is 10.3 Å². The fourth-order valence-electron chi connectivity index (χ4n) is 2.39. The number of benzene rings is 1. The molecule has 0 saturated heterocycles. The number of hydrogen-bond acceptors (Lipinski definition) is 3. The van der Waals surface area contributed by atoms with Crippen molar-refractivity contribution in [3.8, 4) is 0 Å². The zero-order chi connectivity index (χ0) is 15.1. The van der Waals surface area contributed by atoms with Gasteiger partial charge in [0.05, 0.1) is 0 Å². The number of rotatable bonds is 7. The van der Waals surface area contributed by atoms with Crippen LogP contribution in [0.25, 0.3) is 0 Å². The van der Waals surface area contributed by atoms with E-state index in [-0.39, 0.29) is 5.91 Å². The normalized spacial score (nSPS) is 11.4. The number of carbonyl (C=O) groups is 1. The topological polar surface area (TPSA) is 58.4 Å². The Bertz CT molecular complexity index is 419. The van der Waals surface area contributed by atoms with Gasteiger partial charge in [0.1, 0.15) is 0 Å². The molecule has 0 aliphatic carbocycles. The molecule has 0 bridgehead atoms. The van der Waals surface area contributed by atoms with E-state index in [0.29, 0.717) is 17.4 Å². The predicted octanol–water partition coefficient (Wildman–Crippen LogP) is 2.40. The lowest BCUT2D eigenvalue weighted by Gasteiger charge is -2.26. The molecular formula is C16H27N3O. The standard InChI is InChI=1S/C16H27N3O/c1-12(2)9-19(10-13(3)4)11-14-6-5-7-15(8-14)16(20)18-17/h5-8,12-13H,9-11,17H2,1-4H3,(H,18,20). The molecule has 0 spiro atoms. The summed E-state index contributed by atoms with van der Waals surface area (Å²) >= 11 is 0. The maximum atomic E-state index is 11.6. The average Bonchev–Trinajstić information content (AvgIpc) is 2.36. The molecule has 0 saturated carbocycles. The van der Waals surface area contributed by atoms with Crippen LogP contribution < -0.4 is 11.3 Å². The van der Waals surface area contributed by atoms with E-state index in [1.807, 2.05) is 12.1 Å². The lowest BCUT2D eigenvalue weighted by Crippen LogP contribution is -2.31. The Balaban J connectivity index is 2.79. The molecule has 4 heteroatoms. The summed E-state index contributed by atoms with van der Waals surface area (Å²) < 4.78 is 0. The highest BCUT2D eigenvalue weighted by Gasteiger charge is 2.11. The van der Waals surface area contributed by atoms with E-state index in [9.17, 15) is 4.79 Å². The molecule has 0 aromatic heterocycles. The van der Waals surface area contributed by atoms with Gasteiger partial charge in [-0.3, -0.25) is 15.1 Å². The van der Waals surface area contributed by atoms with Crippen molar-refractivity contribution in [2.45, 2.75) is 34.2 Å². The predicted molar refractivity (Wildman–Crippen MR) is 83.0 cm³/mol. The number of nitrogens with one attached hydrogen (secondary N) is 1. The number of nitrogens with two attached hydrogens (primary N) is 1. The molecule has 1 aromatic carbocycles. The molecule has 3 N–H and O–H groups in total. The van der Waals surface area contributed by atoms with Crippen LogP contribution in [0, 0.1) is 11.8 Å². The van der Waals surface area contributed by atoms with Crippen molar-refractivity contribution in [3.63, 3.8) is 0 Å². The van der Waals surface area contributed by atoms with Gasteiger partial charge < -0.3 is 0 Å². The van der Waals surface area contributed by atoms with Gasteiger partial charge in [-0.1, -0.05) is 39.8 Å². The lowest BCUT2D eigenvalue weighted by molar-refractivity contribution is 0.0953. The molecule has 0 radical (unpaired) electrons. The maximum Gasteiger partial charge on any atom is 0.265 e. The summed E-state index contributed by atoms with van der Waals surface area (Å²) in [4.78, 5) is 14.0. The van der Waals surface area contributed by atoms with Crippen LogP contribution in [-0.2, 0) is 6.54 Å². The third kappa shape index (κ3) is 5.72. The van der Waals surface area contributed by atoms with E-state index in [2.05, 4.69) is 44.1 Å². The van der Waals surface area contributed by atoms with Crippen LogP contribution in [0.3, 0.4) is 0 Å². The van der Waals surface area contributed by atoms with Crippen molar-refractivity contribution < 1.29 is 4.79 Å². The van der Waals surface area contributed by atoms with Crippen LogP contribution in [0.5, 0.6) is 0 Å².